The van der Waals surface area contributed by atoms with Crippen molar-refractivity contribution in [1.29, 1.82) is 0 Å². The second-order valence-corrected chi connectivity index (χ2v) is 16.1. The first kappa shape index (κ1) is 34.7. The van der Waals surface area contributed by atoms with E-state index in [2.05, 4.69) is 94.5 Å². The molecule has 0 spiro atoms. The van der Waals surface area contributed by atoms with Crippen molar-refractivity contribution in [2.24, 2.45) is 5.92 Å². The molecule has 54 heavy (non-hydrogen) atoms. The molecule has 2 saturated heterocycles. The molecule has 2 amide bonds. The van der Waals surface area contributed by atoms with Crippen molar-refractivity contribution < 1.29 is 19.4 Å². The van der Waals surface area contributed by atoms with Gasteiger partial charge in [0.2, 0.25) is 5.91 Å². The van der Waals surface area contributed by atoms with Crippen molar-refractivity contribution in [3.8, 4) is 11.5 Å². The molecule has 4 aromatic rings. The third-order valence-electron chi connectivity index (χ3n) is 12.9. The molecule has 8 heteroatoms. The van der Waals surface area contributed by atoms with Crippen LogP contribution in [0.25, 0.3) is 0 Å². The molecule has 5 aliphatic rings. The second-order valence-electron chi connectivity index (χ2n) is 16.1. The predicted molar refractivity (Wildman–Crippen MR) is 211 cm³/mol. The first-order valence-electron chi connectivity index (χ1n) is 19.9. The van der Waals surface area contributed by atoms with Crippen LogP contribution in [0.15, 0.2) is 103 Å². The summed E-state index contributed by atoms with van der Waals surface area (Å²) in [6.07, 6.45) is 6.91. The van der Waals surface area contributed by atoms with Crippen molar-refractivity contribution >= 4 is 17.5 Å². The summed E-state index contributed by atoms with van der Waals surface area (Å²) in [6, 6.07) is 31.9. The van der Waals surface area contributed by atoms with Crippen molar-refractivity contribution in [1.82, 2.24) is 15.1 Å². The summed E-state index contributed by atoms with van der Waals surface area (Å²) in [7, 11) is 0. The van der Waals surface area contributed by atoms with Crippen LogP contribution < -0.4 is 15.0 Å². The lowest BCUT2D eigenvalue weighted by Crippen LogP contribution is -2.54. The monoisotopic (exact) mass is 722 g/mol. The highest BCUT2D eigenvalue weighted by Crippen LogP contribution is 2.47. The summed E-state index contributed by atoms with van der Waals surface area (Å²) in [5.41, 5.74) is 8.86. The molecule has 278 valence electrons. The van der Waals surface area contributed by atoms with E-state index in [0.29, 0.717) is 43.0 Å². The normalized spacial score (nSPS) is 25.5. The molecule has 1 saturated carbocycles. The molecule has 3 fully saturated rings. The number of allylic oxidation sites excluding steroid dienone is 1. The average Bonchev–Trinajstić information content (AvgIpc) is 3.50. The Labute approximate surface area is 318 Å². The number of carbonyl (C=O) groups is 2. The molecular formula is C46H50N4O4. The lowest BCUT2D eigenvalue weighted by atomic mass is 9.69. The maximum absolute atomic E-state index is 13.2. The largest absolute Gasteiger partial charge is 0.508 e. The zero-order valence-corrected chi connectivity index (χ0v) is 31.0. The van der Waals surface area contributed by atoms with E-state index in [4.69, 9.17) is 4.74 Å². The Hall–Kier alpha value is -5.08. The van der Waals surface area contributed by atoms with E-state index in [1.165, 1.54) is 40.8 Å². The van der Waals surface area contributed by atoms with Gasteiger partial charge in [0, 0.05) is 61.6 Å². The van der Waals surface area contributed by atoms with Crippen LogP contribution in [0.3, 0.4) is 0 Å². The highest BCUT2D eigenvalue weighted by atomic mass is 16.5. The molecule has 1 unspecified atom stereocenters. The van der Waals surface area contributed by atoms with Gasteiger partial charge < -0.3 is 25.0 Å². The van der Waals surface area contributed by atoms with Gasteiger partial charge in [-0.15, -0.1) is 0 Å². The summed E-state index contributed by atoms with van der Waals surface area (Å²) >= 11 is 0. The van der Waals surface area contributed by atoms with Gasteiger partial charge in [-0.05, 0) is 127 Å². The van der Waals surface area contributed by atoms with Crippen LogP contribution in [0.4, 0.5) is 5.69 Å². The molecule has 8 nitrogen and oxygen atoms in total. The van der Waals surface area contributed by atoms with Gasteiger partial charge in [-0.2, -0.15) is 0 Å². The summed E-state index contributed by atoms with van der Waals surface area (Å²) < 4.78 is 6.28. The molecule has 3 aliphatic heterocycles. The number of fused-ring (bicyclic) bond motifs is 2. The molecule has 9 rings (SSSR count). The molecular weight excluding hydrogens is 673 g/mol. The molecule has 0 radical (unpaired) electrons. The number of amides is 2. The Morgan fingerprint density at radius 1 is 0.815 bits per heavy atom. The van der Waals surface area contributed by atoms with Crippen molar-refractivity contribution in [3.05, 3.63) is 137 Å². The first-order chi connectivity index (χ1) is 26.4. The van der Waals surface area contributed by atoms with Gasteiger partial charge in [-0.25, -0.2) is 0 Å². The number of piperidine rings is 1. The smallest absolute Gasteiger partial charge is 0.255 e. The SMILES string of the molecule is C=C1CCC(N2Cc3cc(N4CCN(C5CC(CCOc6ccc([C@@H]7c8ccc(O)cc8CC[C@@H]7c7ccccc7)cc6)C5)CC4)ccc3C2=O)C(=O)N1. The van der Waals surface area contributed by atoms with Gasteiger partial charge >= 0.3 is 0 Å². The fourth-order valence-electron chi connectivity index (χ4n) is 9.81. The van der Waals surface area contributed by atoms with E-state index in [1.54, 1.807) is 4.90 Å². The molecule has 3 heterocycles. The van der Waals surface area contributed by atoms with Gasteiger partial charge in [0.15, 0.2) is 0 Å². The van der Waals surface area contributed by atoms with Crippen LogP contribution in [0.2, 0.25) is 0 Å². The predicted octanol–water partition coefficient (Wildman–Crippen LogP) is 7.37. The number of aromatic hydroxyl groups is 1. The zero-order valence-electron chi connectivity index (χ0n) is 31.0. The summed E-state index contributed by atoms with van der Waals surface area (Å²) in [5.74, 6) is 2.44. The van der Waals surface area contributed by atoms with Gasteiger partial charge in [0.25, 0.3) is 5.91 Å². The summed E-state index contributed by atoms with van der Waals surface area (Å²) in [4.78, 5) is 32.6. The molecule has 3 atom stereocenters. The standard InChI is InChI=1S/C46H50N4O4/c1-30-7-18-43(45(52)47-30)50-29-35-27-36(11-16-42(35)46(50)53)48-20-22-49(23-21-48)37-25-31(26-37)19-24-54-39-13-8-33(9-14-39)44-40(32-5-3-2-4-6-32)15-10-34-28-38(51)12-17-41(34)44/h2-6,8-9,11-14,16-17,27-28,31,37,40,43-44,51H,1,7,10,15,18-26,29H2,(H,47,52)/t31?,37?,40-,43?,44+/m1/s1. The number of hydrogen-bond donors (Lipinski definition) is 2. The number of anilines is 1. The van der Waals surface area contributed by atoms with Crippen LogP contribution >= 0.6 is 0 Å². The highest BCUT2D eigenvalue weighted by molar-refractivity contribution is 6.01. The molecule has 2 aliphatic carbocycles. The van der Waals surface area contributed by atoms with E-state index >= 15 is 0 Å². The van der Waals surface area contributed by atoms with Gasteiger partial charge in [-0.1, -0.05) is 55.1 Å². The quantitative estimate of drug-likeness (QED) is 0.188. The molecule has 2 N–H and O–H groups in total. The van der Waals surface area contributed by atoms with Crippen LogP contribution in [0.1, 0.15) is 88.5 Å². The Bertz CT molecular complexity index is 2030. The number of nitrogens with zero attached hydrogens (tertiary/aromatic N) is 3. The third-order valence-corrected chi connectivity index (χ3v) is 12.9. The van der Waals surface area contributed by atoms with E-state index in [0.717, 1.165) is 74.6 Å². The van der Waals surface area contributed by atoms with Gasteiger partial charge in [-0.3, -0.25) is 14.5 Å². The number of benzene rings is 4. The van der Waals surface area contributed by atoms with Crippen molar-refractivity contribution in [2.75, 3.05) is 37.7 Å². The molecule has 0 bridgehead atoms. The Kier molecular flexibility index (Phi) is 9.39. The van der Waals surface area contributed by atoms with Crippen molar-refractivity contribution in [3.63, 3.8) is 0 Å². The average molecular weight is 723 g/mol. The van der Waals surface area contributed by atoms with Gasteiger partial charge in [0.1, 0.15) is 17.5 Å². The maximum atomic E-state index is 13.2. The minimum Gasteiger partial charge on any atom is -0.508 e. The Balaban J connectivity index is 0.739. The number of ether oxygens (including phenoxy) is 1. The lowest BCUT2D eigenvalue weighted by molar-refractivity contribution is -0.126. The van der Waals surface area contributed by atoms with Crippen LogP contribution in [0.5, 0.6) is 11.5 Å². The van der Waals surface area contributed by atoms with Crippen LogP contribution in [0, 0.1) is 5.92 Å². The minimum atomic E-state index is -0.427. The number of carbonyl (C=O) groups excluding carboxylic acids is 2. The van der Waals surface area contributed by atoms with Crippen LogP contribution in [-0.4, -0.2) is 71.6 Å². The molecule has 4 aromatic carbocycles. The van der Waals surface area contributed by atoms with E-state index in [9.17, 15) is 14.7 Å². The number of nitrogens with one attached hydrogen (secondary N) is 1. The Morgan fingerprint density at radius 3 is 2.39 bits per heavy atom. The number of piperazine rings is 1. The number of hydrogen-bond acceptors (Lipinski definition) is 6. The summed E-state index contributed by atoms with van der Waals surface area (Å²) in [5, 5.41) is 13.0. The topological polar surface area (TPSA) is 85.4 Å². The zero-order chi connectivity index (χ0) is 36.8. The Morgan fingerprint density at radius 2 is 1.61 bits per heavy atom. The number of phenols is 1. The van der Waals surface area contributed by atoms with E-state index < -0.39 is 6.04 Å². The molecule has 0 aromatic heterocycles. The number of rotatable bonds is 9. The number of aryl methyl sites for hydroxylation is 1. The summed E-state index contributed by atoms with van der Waals surface area (Å²) in [6.45, 7) is 9.15. The van der Waals surface area contributed by atoms with E-state index in [-0.39, 0.29) is 17.7 Å². The first-order valence-corrected chi connectivity index (χ1v) is 19.9. The van der Waals surface area contributed by atoms with E-state index in [1.807, 2.05) is 18.2 Å². The van der Waals surface area contributed by atoms with Crippen molar-refractivity contribution in [2.45, 2.75) is 75.4 Å². The van der Waals surface area contributed by atoms with Gasteiger partial charge in [0.05, 0.1) is 6.61 Å². The minimum absolute atomic E-state index is 0.0432. The lowest BCUT2D eigenvalue weighted by Gasteiger charge is -2.47. The fourth-order valence-corrected chi connectivity index (χ4v) is 9.81. The highest BCUT2D eigenvalue weighted by Gasteiger charge is 2.39. The second kappa shape index (κ2) is 14.6. The maximum Gasteiger partial charge on any atom is 0.255 e. The van der Waals surface area contributed by atoms with Crippen LogP contribution in [-0.2, 0) is 17.8 Å². The fraction of sp³-hybridized carbons (Fsp3) is 0.391. The number of phenolic OH excluding ortho intramolecular Hbond substituents is 1. The third kappa shape index (κ3) is 6.77.